The molecule has 1 aliphatic carbocycles. The van der Waals surface area contributed by atoms with Gasteiger partial charge >= 0.3 is 5.97 Å². The fourth-order valence-electron chi connectivity index (χ4n) is 2.07. The number of hydrogen-bond acceptors (Lipinski definition) is 3. The number of thiophene rings is 1. The molecule has 1 aromatic heterocycles. The maximum absolute atomic E-state index is 11.4. The van der Waals surface area contributed by atoms with E-state index in [1.807, 2.05) is 17.5 Å². The Labute approximate surface area is 91.7 Å². The number of carbonyl (C=O) groups is 2. The lowest BCUT2D eigenvalue weighted by molar-refractivity contribution is -0.145. The molecule has 0 amide bonds. The zero-order valence-electron chi connectivity index (χ0n) is 8.23. The van der Waals surface area contributed by atoms with Gasteiger partial charge in [0.15, 0.2) is 0 Å². The average molecular weight is 224 g/mol. The first-order chi connectivity index (χ1) is 7.15. The molecule has 1 saturated carbocycles. The predicted molar refractivity (Wildman–Crippen MR) is 57.1 cm³/mol. The lowest BCUT2D eigenvalue weighted by Crippen LogP contribution is -2.39. The van der Waals surface area contributed by atoms with Crippen molar-refractivity contribution in [1.82, 2.24) is 0 Å². The van der Waals surface area contributed by atoms with Crippen molar-refractivity contribution >= 4 is 23.1 Å². The maximum Gasteiger partial charge on any atom is 0.314 e. The number of carboxylic acids is 1. The van der Waals surface area contributed by atoms with E-state index >= 15 is 0 Å². The highest BCUT2D eigenvalue weighted by atomic mass is 32.1. The van der Waals surface area contributed by atoms with Gasteiger partial charge in [0.1, 0.15) is 11.2 Å². The number of aliphatic carboxylic acids is 1. The van der Waals surface area contributed by atoms with Crippen LogP contribution in [0.15, 0.2) is 17.5 Å². The molecule has 0 spiro atoms. The third kappa shape index (κ3) is 1.69. The molecule has 1 aromatic rings. The van der Waals surface area contributed by atoms with Gasteiger partial charge in [0, 0.05) is 17.7 Å². The molecule has 3 nitrogen and oxygen atoms in total. The smallest absolute Gasteiger partial charge is 0.314 e. The van der Waals surface area contributed by atoms with Crippen LogP contribution in [0.3, 0.4) is 0 Å². The SMILES string of the molecule is O=C1CCC(C(=O)O)(c2cccs2)CC1. The topological polar surface area (TPSA) is 54.4 Å². The molecular formula is C11H12O3S. The van der Waals surface area contributed by atoms with Crippen LogP contribution < -0.4 is 0 Å². The van der Waals surface area contributed by atoms with E-state index in [0.29, 0.717) is 25.7 Å². The molecular weight excluding hydrogens is 212 g/mol. The Morgan fingerprint density at radius 3 is 2.53 bits per heavy atom. The Morgan fingerprint density at radius 1 is 1.40 bits per heavy atom. The third-order valence-corrected chi connectivity index (χ3v) is 4.14. The third-order valence-electron chi connectivity index (χ3n) is 3.06. The lowest BCUT2D eigenvalue weighted by atomic mass is 9.72. The number of rotatable bonds is 2. The van der Waals surface area contributed by atoms with Crippen LogP contribution >= 0.6 is 11.3 Å². The van der Waals surface area contributed by atoms with Crippen LogP contribution in [0.1, 0.15) is 30.6 Å². The van der Waals surface area contributed by atoms with Crippen molar-refractivity contribution < 1.29 is 14.7 Å². The highest BCUT2D eigenvalue weighted by molar-refractivity contribution is 7.10. The zero-order chi connectivity index (χ0) is 10.9. The standard InChI is InChI=1S/C11H12O3S/c12-8-3-5-11(6-4-8,10(13)14)9-2-1-7-15-9/h1-2,7H,3-6H2,(H,13,14). The summed E-state index contributed by atoms with van der Waals surface area (Å²) < 4.78 is 0. The second-order valence-electron chi connectivity index (χ2n) is 3.90. The summed E-state index contributed by atoms with van der Waals surface area (Å²) in [6.45, 7) is 0. The van der Waals surface area contributed by atoms with E-state index in [4.69, 9.17) is 0 Å². The Bertz CT molecular complexity index is 371. The van der Waals surface area contributed by atoms with Gasteiger partial charge in [-0.15, -0.1) is 11.3 Å². The van der Waals surface area contributed by atoms with Gasteiger partial charge in [-0.1, -0.05) is 6.07 Å². The summed E-state index contributed by atoms with van der Waals surface area (Å²) in [5.41, 5.74) is -0.803. The molecule has 1 heterocycles. The van der Waals surface area contributed by atoms with Gasteiger partial charge in [0.05, 0.1) is 0 Å². The number of carboxylic acid groups (broad SMARTS) is 1. The van der Waals surface area contributed by atoms with E-state index in [1.165, 1.54) is 11.3 Å². The van der Waals surface area contributed by atoms with E-state index in [2.05, 4.69) is 0 Å². The van der Waals surface area contributed by atoms with E-state index in [0.717, 1.165) is 4.88 Å². The minimum absolute atomic E-state index is 0.184. The minimum Gasteiger partial charge on any atom is -0.481 e. The normalized spacial score (nSPS) is 20.1. The number of Topliss-reactive ketones (excluding diaryl/α,β-unsaturated/α-hetero) is 1. The lowest BCUT2D eigenvalue weighted by Gasteiger charge is -2.31. The molecule has 0 saturated heterocycles. The van der Waals surface area contributed by atoms with Crippen LogP contribution in [0.25, 0.3) is 0 Å². The van der Waals surface area contributed by atoms with Crippen molar-refractivity contribution in [3.8, 4) is 0 Å². The van der Waals surface area contributed by atoms with Crippen molar-refractivity contribution in [1.29, 1.82) is 0 Å². The second-order valence-corrected chi connectivity index (χ2v) is 4.85. The Balaban J connectivity index is 2.34. The van der Waals surface area contributed by atoms with Gasteiger partial charge in [-0.2, -0.15) is 0 Å². The molecule has 0 unspecified atom stereocenters. The molecule has 80 valence electrons. The largest absolute Gasteiger partial charge is 0.481 e. The minimum atomic E-state index is -0.803. The van der Waals surface area contributed by atoms with Gasteiger partial charge in [-0.05, 0) is 24.3 Å². The molecule has 1 aliphatic rings. The molecule has 15 heavy (non-hydrogen) atoms. The highest BCUT2D eigenvalue weighted by Crippen LogP contribution is 2.40. The Kier molecular flexibility index (Phi) is 2.61. The molecule has 1 fully saturated rings. The molecule has 0 aliphatic heterocycles. The van der Waals surface area contributed by atoms with E-state index in [9.17, 15) is 14.7 Å². The molecule has 0 atom stereocenters. The summed E-state index contributed by atoms with van der Waals surface area (Å²) in [5.74, 6) is -0.610. The van der Waals surface area contributed by atoms with Crippen LogP contribution in [-0.4, -0.2) is 16.9 Å². The van der Waals surface area contributed by atoms with Crippen LogP contribution in [-0.2, 0) is 15.0 Å². The summed E-state index contributed by atoms with van der Waals surface area (Å²) >= 11 is 1.47. The van der Waals surface area contributed by atoms with E-state index < -0.39 is 11.4 Å². The second kappa shape index (κ2) is 3.77. The van der Waals surface area contributed by atoms with Crippen molar-refractivity contribution in [2.45, 2.75) is 31.1 Å². The number of hydrogen-bond donors (Lipinski definition) is 1. The fraction of sp³-hybridized carbons (Fsp3) is 0.455. The molecule has 0 aromatic carbocycles. The van der Waals surface area contributed by atoms with Crippen molar-refractivity contribution in [2.24, 2.45) is 0 Å². The first-order valence-corrected chi connectivity index (χ1v) is 5.82. The van der Waals surface area contributed by atoms with E-state index in [-0.39, 0.29) is 5.78 Å². The van der Waals surface area contributed by atoms with Gasteiger partial charge in [-0.3, -0.25) is 9.59 Å². The van der Waals surface area contributed by atoms with E-state index in [1.54, 1.807) is 0 Å². The van der Waals surface area contributed by atoms with Crippen LogP contribution in [0.4, 0.5) is 0 Å². The van der Waals surface area contributed by atoms with Gasteiger partial charge in [-0.25, -0.2) is 0 Å². The highest BCUT2D eigenvalue weighted by Gasteiger charge is 2.43. The Morgan fingerprint density at radius 2 is 2.07 bits per heavy atom. The summed E-state index contributed by atoms with van der Waals surface area (Å²) in [6, 6.07) is 3.72. The monoisotopic (exact) mass is 224 g/mol. The van der Waals surface area contributed by atoms with Crippen molar-refractivity contribution in [3.63, 3.8) is 0 Å². The summed E-state index contributed by atoms with van der Waals surface area (Å²) in [6.07, 6.45) is 1.68. The fourth-order valence-corrected chi connectivity index (χ4v) is 3.05. The van der Waals surface area contributed by atoms with Gasteiger partial charge < -0.3 is 5.11 Å². The molecule has 4 heteroatoms. The predicted octanol–water partition coefficient (Wildman–Crippen LogP) is 2.21. The Hall–Kier alpha value is -1.16. The molecule has 2 rings (SSSR count). The van der Waals surface area contributed by atoms with Gasteiger partial charge in [0.25, 0.3) is 0 Å². The van der Waals surface area contributed by atoms with Crippen LogP contribution in [0, 0.1) is 0 Å². The first kappa shape index (κ1) is 10.4. The number of ketones is 1. The van der Waals surface area contributed by atoms with Crippen molar-refractivity contribution in [2.75, 3.05) is 0 Å². The molecule has 1 N–H and O–H groups in total. The number of carbonyl (C=O) groups excluding carboxylic acids is 1. The van der Waals surface area contributed by atoms with Crippen LogP contribution in [0.5, 0.6) is 0 Å². The molecule has 0 radical (unpaired) electrons. The van der Waals surface area contributed by atoms with Gasteiger partial charge in [0.2, 0.25) is 0 Å². The summed E-state index contributed by atoms with van der Waals surface area (Å²) in [4.78, 5) is 23.4. The molecule has 0 bridgehead atoms. The van der Waals surface area contributed by atoms with Crippen LogP contribution in [0.2, 0.25) is 0 Å². The summed E-state index contributed by atoms with van der Waals surface area (Å²) in [5, 5.41) is 11.2. The average Bonchev–Trinajstić information content (AvgIpc) is 2.72. The maximum atomic E-state index is 11.4. The quantitative estimate of drug-likeness (QED) is 0.838. The zero-order valence-corrected chi connectivity index (χ0v) is 9.05. The first-order valence-electron chi connectivity index (χ1n) is 4.94. The van der Waals surface area contributed by atoms with Crippen molar-refractivity contribution in [3.05, 3.63) is 22.4 Å². The summed E-state index contributed by atoms with van der Waals surface area (Å²) in [7, 11) is 0.